The fourth-order valence-corrected chi connectivity index (χ4v) is 3.95. The van der Waals surface area contributed by atoms with Gasteiger partial charge in [0.2, 0.25) is 10.0 Å². The number of likely N-dealkylation sites (N-methyl/N-ethyl adjacent to an activating group) is 1. The lowest BCUT2D eigenvalue weighted by atomic mass is 10.1. The molecule has 0 aromatic heterocycles. The van der Waals surface area contributed by atoms with E-state index in [4.69, 9.17) is 0 Å². The van der Waals surface area contributed by atoms with Crippen molar-refractivity contribution in [2.45, 2.75) is 37.1 Å². The molecule has 4 nitrogen and oxygen atoms in total. The monoisotopic (exact) mass is 318 g/mol. The van der Waals surface area contributed by atoms with Crippen LogP contribution in [0.2, 0.25) is 0 Å². The second-order valence-electron chi connectivity index (χ2n) is 5.03. The zero-order chi connectivity index (χ0) is 13.9. The maximum Gasteiger partial charge on any atom is 0.243 e. The van der Waals surface area contributed by atoms with Gasteiger partial charge in [0.25, 0.3) is 0 Å². The van der Waals surface area contributed by atoms with Gasteiger partial charge in [0.1, 0.15) is 0 Å². The largest absolute Gasteiger partial charge is 0.316 e. The second kappa shape index (κ2) is 7.41. The Morgan fingerprint density at radius 1 is 1.30 bits per heavy atom. The molecule has 0 radical (unpaired) electrons. The molecule has 0 amide bonds. The number of halogens is 1. The molecule has 0 spiro atoms. The Hall–Kier alpha value is -0.620. The summed E-state index contributed by atoms with van der Waals surface area (Å²) in [7, 11) is -1.44. The van der Waals surface area contributed by atoms with Crippen molar-refractivity contribution in [3.63, 3.8) is 0 Å². The molecule has 6 heteroatoms. The number of nitrogens with zero attached hydrogens (tertiary/aromatic N) is 1. The molecular formula is C14H23ClN2O2S. The minimum absolute atomic E-state index is 0. The van der Waals surface area contributed by atoms with Crippen molar-refractivity contribution < 1.29 is 8.42 Å². The first-order valence-corrected chi connectivity index (χ1v) is 8.28. The maximum absolute atomic E-state index is 12.5. The Morgan fingerprint density at radius 3 is 2.45 bits per heavy atom. The summed E-state index contributed by atoms with van der Waals surface area (Å²) < 4.78 is 26.5. The molecule has 1 saturated heterocycles. The zero-order valence-electron chi connectivity index (χ0n) is 12.0. The smallest absolute Gasteiger partial charge is 0.243 e. The lowest BCUT2D eigenvalue weighted by Gasteiger charge is -2.16. The first-order chi connectivity index (χ1) is 9.07. The average Bonchev–Trinajstić information content (AvgIpc) is 2.89. The predicted octanol–water partition coefficient (Wildman–Crippen LogP) is 2.04. The summed E-state index contributed by atoms with van der Waals surface area (Å²) in [5.41, 5.74) is 1.19. The number of hydrogen-bond acceptors (Lipinski definition) is 3. The summed E-state index contributed by atoms with van der Waals surface area (Å²) in [6, 6.07) is 7.57. The van der Waals surface area contributed by atoms with Crippen molar-refractivity contribution in [1.82, 2.24) is 9.62 Å². The quantitative estimate of drug-likeness (QED) is 0.904. The SMILES string of the molecule is CCCc1ccc(S(=O)(=O)N2CCC(NC)C2)cc1.Cl. The third kappa shape index (κ3) is 3.73. The first kappa shape index (κ1) is 17.4. The van der Waals surface area contributed by atoms with Crippen molar-refractivity contribution in [1.29, 1.82) is 0 Å². The lowest BCUT2D eigenvalue weighted by Crippen LogP contribution is -2.33. The molecule has 0 saturated carbocycles. The highest BCUT2D eigenvalue weighted by Crippen LogP contribution is 2.21. The van der Waals surface area contributed by atoms with Crippen molar-refractivity contribution in [3.05, 3.63) is 29.8 Å². The number of hydrogen-bond donors (Lipinski definition) is 1. The van der Waals surface area contributed by atoms with Gasteiger partial charge in [-0.05, 0) is 37.6 Å². The van der Waals surface area contributed by atoms with E-state index in [1.54, 1.807) is 16.4 Å². The standard InChI is InChI=1S/C14H22N2O2S.ClH/c1-3-4-12-5-7-14(8-6-12)19(17,18)16-10-9-13(11-16)15-2;/h5-8,13,15H,3-4,9-11H2,1-2H3;1H. The normalized spacial score (nSPS) is 19.8. The van der Waals surface area contributed by atoms with Crippen molar-refractivity contribution in [2.75, 3.05) is 20.1 Å². The van der Waals surface area contributed by atoms with E-state index >= 15 is 0 Å². The number of sulfonamides is 1. The van der Waals surface area contributed by atoms with E-state index < -0.39 is 10.0 Å². The van der Waals surface area contributed by atoms with Crippen LogP contribution >= 0.6 is 12.4 Å². The van der Waals surface area contributed by atoms with Crippen LogP contribution in [0.5, 0.6) is 0 Å². The molecule has 1 heterocycles. The van der Waals surface area contributed by atoms with E-state index in [1.165, 1.54) is 5.56 Å². The molecule has 2 rings (SSSR count). The number of benzene rings is 1. The molecule has 1 aliphatic rings. The molecule has 1 aromatic rings. The van der Waals surface area contributed by atoms with Crippen LogP contribution in [-0.4, -0.2) is 38.9 Å². The summed E-state index contributed by atoms with van der Waals surface area (Å²) in [6.45, 7) is 3.28. The van der Waals surface area contributed by atoms with Crippen LogP contribution in [0.15, 0.2) is 29.2 Å². The summed E-state index contributed by atoms with van der Waals surface area (Å²) in [6.07, 6.45) is 2.94. The molecule has 0 aliphatic carbocycles. The Bertz CT molecular complexity index is 516. The van der Waals surface area contributed by atoms with Crippen molar-refractivity contribution in [2.24, 2.45) is 0 Å². The van der Waals surface area contributed by atoms with Gasteiger partial charge in [-0.3, -0.25) is 0 Å². The molecule has 1 aliphatic heterocycles. The summed E-state index contributed by atoms with van der Waals surface area (Å²) in [4.78, 5) is 0.407. The van der Waals surface area contributed by atoms with E-state index in [9.17, 15) is 8.42 Å². The van der Waals surface area contributed by atoms with Crippen LogP contribution in [0, 0.1) is 0 Å². The first-order valence-electron chi connectivity index (χ1n) is 6.84. The molecular weight excluding hydrogens is 296 g/mol. The lowest BCUT2D eigenvalue weighted by molar-refractivity contribution is 0.464. The summed E-state index contributed by atoms with van der Waals surface area (Å²) in [5, 5.41) is 3.14. The van der Waals surface area contributed by atoms with Crippen LogP contribution in [0.4, 0.5) is 0 Å². The fourth-order valence-electron chi connectivity index (χ4n) is 2.45. The van der Waals surface area contributed by atoms with Gasteiger partial charge in [0, 0.05) is 19.1 Å². The van der Waals surface area contributed by atoms with Crippen molar-refractivity contribution >= 4 is 22.4 Å². The molecule has 1 atom stereocenters. The van der Waals surface area contributed by atoms with Gasteiger partial charge < -0.3 is 5.32 Å². The highest BCUT2D eigenvalue weighted by molar-refractivity contribution is 7.89. The Labute approximate surface area is 128 Å². The Kier molecular flexibility index (Phi) is 6.45. The zero-order valence-corrected chi connectivity index (χ0v) is 13.6. The molecule has 1 fully saturated rings. The van der Waals surface area contributed by atoms with Gasteiger partial charge in [-0.1, -0.05) is 25.5 Å². The van der Waals surface area contributed by atoms with Gasteiger partial charge in [-0.15, -0.1) is 12.4 Å². The molecule has 1 unspecified atom stereocenters. The van der Waals surface area contributed by atoms with Gasteiger partial charge in [-0.25, -0.2) is 8.42 Å². The third-order valence-corrected chi connectivity index (χ3v) is 5.54. The van der Waals surface area contributed by atoms with Crippen LogP contribution in [0.1, 0.15) is 25.3 Å². The minimum Gasteiger partial charge on any atom is -0.316 e. The van der Waals surface area contributed by atoms with E-state index in [0.717, 1.165) is 19.3 Å². The predicted molar refractivity (Wildman–Crippen MR) is 83.9 cm³/mol. The van der Waals surface area contributed by atoms with Crippen LogP contribution in [0.25, 0.3) is 0 Å². The topological polar surface area (TPSA) is 49.4 Å². The van der Waals surface area contributed by atoms with Crippen LogP contribution in [0.3, 0.4) is 0 Å². The number of nitrogens with one attached hydrogen (secondary N) is 1. The summed E-state index contributed by atoms with van der Waals surface area (Å²) in [5.74, 6) is 0. The highest BCUT2D eigenvalue weighted by atomic mass is 35.5. The molecule has 114 valence electrons. The number of aryl methyl sites for hydroxylation is 1. The highest BCUT2D eigenvalue weighted by Gasteiger charge is 2.31. The van der Waals surface area contributed by atoms with Crippen LogP contribution in [-0.2, 0) is 16.4 Å². The van der Waals surface area contributed by atoms with E-state index in [1.807, 2.05) is 19.2 Å². The summed E-state index contributed by atoms with van der Waals surface area (Å²) >= 11 is 0. The van der Waals surface area contributed by atoms with Gasteiger partial charge in [0.05, 0.1) is 4.90 Å². The van der Waals surface area contributed by atoms with Gasteiger partial charge in [0.15, 0.2) is 0 Å². The third-order valence-electron chi connectivity index (χ3n) is 3.66. The molecule has 1 N–H and O–H groups in total. The Morgan fingerprint density at radius 2 is 1.95 bits per heavy atom. The number of rotatable bonds is 5. The average molecular weight is 319 g/mol. The van der Waals surface area contributed by atoms with E-state index in [0.29, 0.717) is 18.0 Å². The van der Waals surface area contributed by atoms with Gasteiger partial charge >= 0.3 is 0 Å². The maximum atomic E-state index is 12.5. The second-order valence-corrected chi connectivity index (χ2v) is 6.97. The molecule has 20 heavy (non-hydrogen) atoms. The fraction of sp³-hybridized carbons (Fsp3) is 0.571. The minimum atomic E-state index is -3.32. The van der Waals surface area contributed by atoms with Crippen LogP contribution < -0.4 is 5.32 Å². The van der Waals surface area contributed by atoms with E-state index in [2.05, 4.69) is 12.2 Å². The van der Waals surface area contributed by atoms with Crippen molar-refractivity contribution in [3.8, 4) is 0 Å². The van der Waals surface area contributed by atoms with Gasteiger partial charge in [-0.2, -0.15) is 4.31 Å². The molecule has 1 aromatic carbocycles. The molecule has 0 bridgehead atoms. The van der Waals surface area contributed by atoms with E-state index in [-0.39, 0.29) is 18.4 Å². The Balaban J connectivity index is 0.00000200.